The van der Waals surface area contributed by atoms with Crippen molar-refractivity contribution in [3.05, 3.63) is 41.6 Å². The highest BCUT2D eigenvalue weighted by Crippen LogP contribution is 2.13. The molecule has 0 fully saturated rings. The molecule has 16 heavy (non-hydrogen) atoms. The molecule has 0 unspecified atom stereocenters. The Morgan fingerprint density at radius 3 is 2.56 bits per heavy atom. The summed E-state index contributed by atoms with van der Waals surface area (Å²) < 4.78 is 5.03. The molecule has 0 atom stereocenters. The molecular weight excluding hydrogens is 206 g/mol. The quantitative estimate of drug-likeness (QED) is 0.740. The molecule has 0 aliphatic carbocycles. The molecule has 3 N–H and O–H groups in total. The highest BCUT2D eigenvalue weighted by atomic mass is 16.5. The van der Waals surface area contributed by atoms with Crippen molar-refractivity contribution in [3.63, 3.8) is 0 Å². The smallest absolute Gasteiger partial charge is 0.330 e. The zero-order valence-corrected chi connectivity index (χ0v) is 9.14. The number of aliphatic carboxylic acids is 1. The van der Waals surface area contributed by atoms with Crippen LogP contribution in [-0.2, 0) is 11.2 Å². The van der Waals surface area contributed by atoms with E-state index in [1.54, 1.807) is 7.11 Å². The summed E-state index contributed by atoms with van der Waals surface area (Å²) in [4.78, 5) is 10.3. The number of carbonyl (C=O) groups is 1. The molecule has 0 amide bonds. The third-order valence-electron chi connectivity index (χ3n) is 2.17. The SMILES string of the molecule is COc1ccc(CC/C(N)=C\C(=O)O)cc1. The summed E-state index contributed by atoms with van der Waals surface area (Å²) in [6.45, 7) is 0. The van der Waals surface area contributed by atoms with Crippen LogP contribution in [-0.4, -0.2) is 18.2 Å². The van der Waals surface area contributed by atoms with E-state index in [-0.39, 0.29) is 0 Å². The fourth-order valence-corrected chi connectivity index (χ4v) is 1.31. The third kappa shape index (κ3) is 4.04. The second-order valence-electron chi connectivity index (χ2n) is 3.41. The molecule has 0 saturated heterocycles. The Labute approximate surface area is 94.3 Å². The minimum absolute atomic E-state index is 0.378. The Kier molecular flexibility index (Phi) is 4.39. The highest BCUT2D eigenvalue weighted by Gasteiger charge is 1.98. The van der Waals surface area contributed by atoms with Crippen molar-refractivity contribution in [1.82, 2.24) is 0 Å². The van der Waals surface area contributed by atoms with Gasteiger partial charge >= 0.3 is 5.97 Å². The van der Waals surface area contributed by atoms with Crippen molar-refractivity contribution in [2.75, 3.05) is 7.11 Å². The van der Waals surface area contributed by atoms with Crippen LogP contribution in [0.5, 0.6) is 5.75 Å². The number of hydrogen-bond donors (Lipinski definition) is 2. The molecule has 4 heteroatoms. The van der Waals surface area contributed by atoms with Crippen molar-refractivity contribution in [1.29, 1.82) is 0 Å². The molecule has 1 aromatic carbocycles. The van der Waals surface area contributed by atoms with E-state index in [0.717, 1.165) is 23.8 Å². The Morgan fingerprint density at radius 1 is 1.44 bits per heavy atom. The lowest BCUT2D eigenvalue weighted by atomic mass is 10.1. The summed E-state index contributed by atoms with van der Waals surface area (Å²) in [7, 11) is 1.61. The fraction of sp³-hybridized carbons (Fsp3) is 0.250. The summed E-state index contributed by atoms with van der Waals surface area (Å²) in [5.41, 5.74) is 7.01. The topological polar surface area (TPSA) is 72.5 Å². The average molecular weight is 221 g/mol. The number of allylic oxidation sites excluding steroid dienone is 1. The van der Waals surface area contributed by atoms with Crippen LogP contribution in [0.25, 0.3) is 0 Å². The number of rotatable bonds is 5. The van der Waals surface area contributed by atoms with Crippen LogP contribution in [0, 0.1) is 0 Å². The lowest BCUT2D eigenvalue weighted by molar-refractivity contribution is -0.131. The molecule has 0 aliphatic rings. The minimum atomic E-state index is -1.01. The van der Waals surface area contributed by atoms with Gasteiger partial charge in [-0.25, -0.2) is 4.79 Å². The van der Waals surface area contributed by atoms with Gasteiger partial charge in [-0.1, -0.05) is 12.1 Å². The van der Waals surface area contributed by atoms with Crippen molar-refractivity contribution >= 4 is 5.97 Å². The molecule has 4 nitrogen and oxygen atoms in total. The number of carboxylic acids is 1. The van der Waals surface area contributed by atoms with Crippen molar-refractivity contribution in [2.24, 2.45) is 5.73 Å². The van der Waals surface area contributed by atoms with Gasteiger partial charge in [0.15, 0.2) is 0 Å². The first kappa shape index (κ1) is 12.1. The van der Waals surface area contributed by atoms with E-state index in [9.17, 15) is 4.79 Å². The monoisotopic (exact) mass is 221 g/mol. The molecule has 0 heterocycles. The molecule has 0 saturated carbocycles. The van der Waals surface area contributed by atoms with Gasteiger partial charge in [-0.15, -0.1) is 0 Å². The Morgan fingerprint density at radius 2 is 2.06 bits per heavy atom. The fourth-order valence-electron chi connectivity index (χ4n) is 1.31. The summed E-state index contributed by atoms with van der Waals surface area (Å²) >= 11 is 0. The second-order valence-corrected chi connectivity index (χ2v) is 3.41. The number of methoxy groups -OCH3 is 1. The first-order valence-electron chi connectivity index (χ1n) is 4.93. The Hall–Kier alpha value is -1.97. The molecule has 86 valence electrons. The Bertz CT molecular complexity index is 382. The van der Waals surface area contributed by atoms with Gasteiger partial charge in [0.1, 0.15) is 5.75 Å². The molecule has 0 aliphatic heterocycles. The summed E-state index contributed by atoms with van der Waals surface area (Å²) in [6, 6.07) is 7.61. The van der Waals surface area contributed by atoms with E-state index in [1.165, 1.54) is 0 Å². The maximum Gasteiger partial charge on any atom is 0.330 e. The minimum Gasteiger partial charge on any atom is -0.497 e. The standard InChI is InChI=1S/C12H15NO3/c1-16-11-6-3-9(4-7-11)2-5-10(13)8-12(14)15/h3-4,6-8H,2,5,13H2,1H3,(H,14,15)/b10-8+. The van der Waals surface area contributed by atoms with Gasteiger partial charge in [0.2, 0.25) is 0 Å². The first-order chi connectivity index (χ1) is 7.61. The van der Waals surface area contributed by atoms with Gasteiger partial charge in [-0.3, -0.25) is 0 Å². The zero-order valence-electron chi connectivity index (χ0n) is 9.14. The molecule has 0 spiro atoms. The lowest BCUT2D eigenvalue weighted by Crippen LogP contribution is -2.03. The summed E-state index contributed by atoms with van der Waals surface area (Å²) in [5, 5.41) is 8.48. The molecule has 1 aromatic rings. The van der Waals surface area contributed by atoms with E-state index in [2.05, 4.69) is 0 Å². The number of benzene rings is 1. The maximum absolute atomic E-state index is 10.3. The number of ether oxygens (including phenoxy) is 1. The van der Waals surface area contributed by atoms with E-state index in [4.69, 9.17) is 15.6 Å². The van der Waals surface area contributed by atoms with Crippen LogP contribution in [0.4, 0.5) is 0 Å². The van der Waals surface area contributed by atoms with Crippen LogP contribution >= 0.6 is 0 Å². The van der Waals surface area contributed by atoms with Crippen LogP contribution < -0.4 is 10.5 Å². The predicted octanol–water partition coefficient (Wildman–Crippen LogP) is 1.56. The average Bonchev–Trinajstić information content (AvgIpc) is 2.26. The highest BCUT2D eigenvalue weighted by molar-refractivity contribution is 5.80. The second kappa shape index (κ2) is 5.80. The summed E-state index contributed by atoms with van der Waals surface area (Å²) in [5.74, 6) is -0.204. The molecule has 0 radical (unpaired) electrons. The summed E-state index contributed by atoms with van der Waals surface area (Å²) in [6.07, 6.45) is 2.29. The van der Waals surface area contributed by atoms with Crippen LogP contribution in [0.15, 0.2) is 36.0 Å². The molecule has 1 rings (SSSR count). The van der Waals surface area contributed by atoms with Crippen molar-refractivity contribution in [3.8, 4) is 5.75 Å². The molecular formula is C12H15NO3. The van der Waals surface area contributed by atoms with Gasteiger partial charge in [0.25, 0.3) is 0 Å². The van der Waals surface area contributed by atoms with Gasteiger partial charge in [0.05, 0.1) is 7.11 Å². The molecule has 0 bridgehead atoms. The lowest BCUT2D eigenvalue weighted by Gasteiger charge is -2.03. The number of carboxylic acid groups (broad SMARTS) is 1. The van der Waals surface area contributed by atoms with Gasteiger partial charge < -0.3 is 15.6 Å². The Balaban J connectivity index is 2.51. The van der Waals surface area contributed by atoms with Gasteiger partial charge in [0, 0.05) is 11.8 Å². The van der Waals surface area contributed by atoms with Crippen LogP contribution in [0.1, 0.15) is 12.0 Å². The van der Waals surface area contributed by atoms with Crippen LogP contribution in [0.3, 0.4) is 0 Å². The van der Waals surface area contributed by atoms with Gasteiger partial charge in [-0.2, -0.15) is 0 Å². The van der Waals surface area contributed by atoms with Gasteiger partial charge in [-0.05, 0) is 30.5 Å². The largest absolute Gasteiger partial charge is 0.497 e. The van der Waals surface area contributed by atoms with Crippen LogP contribution in [0.2, 0.25) is 0 Å². The van der Waals surface area contributed by atoms with E-state index in [0.29, 0.717) is 12.1 Å². The zero-order chi connectivity index (χ0) is 12.0. The number of hydrogen-bond acceptors (Lipinski definition) is 3. The predicted molar refractivity (Wildman–Crippen MR) is 61.2 cm³/mol. The first-order valence-corrected chi connectivity index (χ1v) is 4.93. The third-order valence-corrected chi connectivity index (χ3v) is 2.17. The van der Waals surface area contributed by atoms with E-state index in [1.807, 2.05) is 24.3 Å². The van der Waals surface area contributed by atoms with E-state index < -0.39 is 5.97 Å². The van der Waals surface area contributed by atoms with E-state index >= 15 is 0 Å². The normalized spacial score (nSPS) is 11.2. The maximum atomic E-state index is 10.3. The van der Waals surface area contributed by atoms with Crippen molar-refractivity contribution < 1.29 is 14.6 Å². The number of nitrogens with two attached hydrogens (primary N) is 1. The number of aryl methyl sites for hydroxylation is 1. The van der Waals surface area contributed by atoms with Crippen molar-refractivity contribution in [2.45, 2.75) is 12.8 Å². The molecule has 0 aromatic heterocycles.